The highest BCUT2D eigenvalue weighted by atomic mass is 16.6. The summed E-state index contributed by atoms with van der Waals surface area (Å²) in [6, 6.07) is 25.1. The molecule has 2 unspecified atom stereocenters. The number of likely N-dealkylation sites (N-methyl/N-ethyl adjacent to an activating group) is 1. The maximum Gasteiger partial charge on any atom is 0.410 e. The van der Waals surface area contributed by atoms with Gasteiger partial charge in [0.15, 0.2) is 0 Å². The Labute approximate surface area is 300 Å². The number of carbonyl (C=O) groups excluding carboxylic acids is 1. The summed E-state index contributed by atoms with van der Waals surface area (Å²) in [7, 11) is 2.14. The number of benzene rings is 3. The highest BCUT2D eigenvalue weighted by molar-refractivity contribution is 5.96. The van der Waals surface area contributed by atoms with Gasteiger partial charge in [-0.3, -0.25) is 0 Å². The molecule has 4 heterocycles. The normalized spacial score (nSPS) is 19.5. The molecule has 51 heavy (non-hydrogen) atoms. The van der Waals surface area contributed by atoms with Crippen LogP contribution in [0.4, 0.5) is 16.3 Å². The van der Waals surface area contributed by atoms with E-state index in [0.29, 0.717) is 44.8 Å². The number of ether oxygens (including phenoxy) is 3. The molecule has 3 aliphatic rings. The van der Waals surface area contributed by atoms with E-state index in [1.807, 2.05) is 51.1 Å². The van der Waals surface area contributed by atoms with Gasteiger partial charge in [-0.05, 0) is 77.2 Å². The van der Waals surface area contributed by atoms with Gasteiger partial charge in [-0.1, -0.05) is 42.5 Å². The summed E-state index contributed by atoms with van der Waals surface area (Å²) in [6.07, 6.45) is 2.77. The topological polar surface area (TPSA) is 107 Å². The average molecular weight is 690 g/mol. The molecule has 0 aliphatic carbocycles. The molecule has 2 fully saturated rings. The molecular weight excluding hydrogens is 642 g/mol. The quantitative estimate of drug-likeness (QED) is 0.196. The second-order valence-electron chi connectivity index (χ2n) is 14.7. The summed E-state index contributed by atoms with van der Waals surface area (Å²) in [5.41, 5.74) is 2.46. The predicted molar refractivity (Wildman–Crippen MR) is 198 cm³/mol. The lowest BCUT2D eigenvalue weighted by atomic mass is 10.0. The number of carbonyl (C=O) groups is 1. The zero-order valence-electron chi connectivity index (χ0n) is 30.0. The zero-order chi connectivity index (χ0) is 35.5. The molecule has 3 aromatic carbocycles. The van der Waals surface area contributed by atoms with Crippen LogP contribution in [0.5, 0.6) is 17.5 Å². The van der Waals surface area contributed by atoms with Gasteiger partial charge in [0.05, 0.1) is 30.8 Å². The Hall–Kier alpha value is -5.08. The molecule has 0 spiro atoms. The highest BCUT2D eigenvalue weighted by Crippen LogP contribution is 2.38. The van der Waals surface area contributed by atoms with Crippen LogP contribution in [0.2, 0.25) is 0 Å². The first-order valence-electron chi connectivity index (χ1n) is 18.0. The van der Waals surface area contributed by atoms with E-state index in [9.17, 15) is 10.1 Å². The van der Waals surface area contributed by atoms with Gasteiger partial charge in [0.25, 0.3) is 0 Å². The van der Waals surface area contributed by atoms with Crippen molar-refractivity contribution < 1.29 is 19.0 Å². The smallest absolute Gasteiger partial charge is 0.410 e. The third-order valence-electron chi connectivity index (χ3n) is 9.97. The maximum absolute atomic E-state index is 13.2. The first kappa shape index (κ1) is 34.4. The van der Waals surface area contributed by atoms with Crippen LogP contribution in [0.15, 0.2) is 66.7 Å². The number of nitriles is 1. The van der Waals surface area contributed by atoms with E-state index in [1.165, 1.54) is 0 Å². The summed E-state index contributed by atoms with van der Waals surface area (Å²) < 4.78 is 18.4. The molecule has 0 radical (unpaired) electrons. The van der Waals surface area contributed by atoms with Gasteiger partial charge >= 0.3 is 12.1 Å². The molecule has 7 rings (SSSR count). The van der Waals surface area contributed by atoms with Gasteiger partial charge in [-0.15, -0.1) is 0 Å². The third-order valence-corrected chi connectivity index (χ3v) is 9.97. The first-order chi connectivity index (χ1) is 24.6. The van der Waals surface area contributed by atoms with Gasteiger partial charge in [0, 0.05) is 54.9 Å². The van der Waals surface area contributed by atoms with Crippen molar-refractivity contribution in [2.75, 3.05) is 56.2 Å². The van der Waals surface area contributed by atoms with Gasteiger partial charge in [0.2, 0.25) is 0 Å². The number of fused-ring (bicyclic) bond motifs is 2. The summed E-state index contributed by atoms with van der Waals surface area (Å²) in [4.78, 5) is 31.9. The molecule has 2 atom stereocenters. The Morgan fingerprint density at radius 1 is 0.941 bits per heavy atom. The fourth-order valence-corrected chi connectivity index (χ4v) is 7.38. The van der Waals surface area contributed by atoms with E-state index in [-0.39, 0.29) is 12.5 Å². The Bertz CT molecular complexity index is 1910. The molecule has 0 N–H and O–H groups in total. The standard InChI is InChI=1S/C40H47N7O4/c1-40(2,3)51-39(48)47-22-21-46(25-29(47)16-18-41)37-34-17-20-45(26-35(34)42-38(43-37)49-27-30-12-10-19-44(30)4)36-24-32(50-31-13-6-5-7-14-31)23-28-11-8-9-15-33(28)36/h5-9,11,13-15,23-24,29-30H,10,12,16-17,19-22,25-27H2,1-4H3. The van der Waals surface area contributed by atoms with Crippen LogP contribution in [0, 0.1) is 11.3 Å². The second-order valence-corrected chi connectivity index (χ2v) is 14.7. The first-order valence-corrected chi connectivity index (χ1v) is 18.0. The molecule has 0 bridgehead atoms. The van der Waals surface area contributed by atoms with Crippen LogP contribution in [0.1, 0.15) is 51.3 Å². The summed E-state index contributed by atoms with van der Waals surface area (Å²) in [5.74, 6) is 2.39. The number of rotatable bonds is 8. The van der Waals surface area contributed by atoms with E-state index in [4.69, 9.17) is 24.2 Å². The Morgan fingerprint density at radius 3 is 2.51 bits per heavy atom. The molecule has 4 aromatic rings. The number of para-hydroxylation sites is 1. The van der Waals surface area contributed by atoms with Gasteiger partial charge < -0.3 is 33.8 Å². The molecular formula is C40H47N7O4. The minimum Gasteiger partial charge on any atom is -0.462 e. The fraction of sp³-hybridized carbons (Fsp3) is 0.450. The van der Waals surface area contributed by atoms with Crippen molar-refractivity contribution in [3.63, 3.8) is 0 Å². The van der Waals surface area contributed by atoms with Crippen molar-refractivity contribution >= 4 is 28.4 Å². The van der Waals surface area contributed by atoms with Gasteiger partial charge in [0.1, 0.15) is 29.5 Å². The van der Waals surface area contributed by atoms with Crippen LogP contribution in [-0.2, 0) is 17.7 Å². The zero-order valence-corrected chi connectivity index (χ0v) is 30.0. The van der Waals surface area contributed by atoms with Crippen molar-refractivity contribution in [2.24, 2.45) is 0 Å². The lowest BCUT2D eigenvalue weighted by Crippen LogP contribution is -2.56. The molecule has 1 aromatic heterocycles. The van der Waals surface area contributed by atoms with Crippen LogP contribution in [0.25, 0.3) is 10.8 Å². The number of nitrogens with zero attached hydrogens (tertiary/aromatic N) is 7. The summed E-state index contributed by atoms with van der Waals surface area (Å²) in [5, 5.41) is 12.0. The van der Waals surface area contributed by atoms with E-state index >= 15 is 0 Å². The van der Waals surface area contributed by atoms with E-state index in [2.05, 4.69) is 64.2 Å². The third kappa shape index (κ3) is 7.81. The number of amides is 1. The number of hydrogen-bond acceptors (Lipinski definition) is 10. The van der Waals surface area contributed by atoms with Crippen molar-refractivity contribution in [1.82, 2.24) is 19.8 Å². The highest BCUT2D eigenvalue weighted by Gasteiger charge is 2.36. The lowest BCUT2D eigenvalue weighted by molar-refractivity contribution is 0.0144. The minimum absolute atomic E-state index is 0.197. The van der Waals surface area contributed by atoms with Crippen LogP contribution in [0.3, 0.4) is 0 Å². The number of aromatic nitrogens is 2. The average Bonchev–Trinajstić information content (AvgIpc) is 3.53. The lowest BCUT2D eigenvalue weighted by Gasteiger charge is -2.42. The van der Waals surface area contributed by atoms with Crippen LogP contribution >= 0.6 is 0 Å². The van der Waals surface area contributed by atoms with Crippen molar-refractivity contribution in [3.8, 4) is 23.6 Å². The van der Waals surface area contributed by atoms with Crippen molar-refractivity contribution in [3.05, 3.63) is 78.0 Å². The van der Waals surface area contributed by atoms with Gasteiger partial charge in [-0.2, -0.15) is 15.2 Å². The predicted octanol–water partition coefficient (Wildman–Crippen LogP) is 6.80. The molecule has 11 nitrogen and oxygen atoms in total. The summed E-state index contributed by atoms with van der Waals surface area (Å²) in [6.45, 7) is 9.93. The van der Waals surface area contributed by atoms with E-state index in [0.717, 1.165) is 77.4 Å². The molecule has 1 amide bonds. The minimum atomic E-state index is -0.624. The van der Waals surface area contributed by atoms with E-state index in [1.54, 1.807) is 4.90 Å². The molecule has 2 saturated heterocycles. The van der Waals surface area contributed by atoms with Crippen LogP contribution < -0.4 is 19.3 Å². The molecule has 266 valence electrons. The number of anilines is 2. The second kappa shape index (κ2) is 14.6. The Balaban J connectivity index is 1.21. The van der Waals surface area contributed by atoms with Crippen molar-refractivity contribution in [1.29, 1.82) is 5.26 Å². The Kier molecular flexibility index (Phi) is 9.87. The Morgan fingerprint density at radius 2 is 1.75 bits per heavy atom. The maximum atomic E-state index is 13.2. The van der Waals surface area contributed by atoms with Crippen LogP contribution in [-0.4, -0.2) is 89.9 Å². The molecule has 11 heteroatoms. The number of piperazine rings is 1. The molecule has 0 saturated carbocycles. The number of likely N-dealkylation sites (tertiary alicyclic amines) is 1. The number of hydrogen-bond donors (Lipinski definition) is 0. The SMILES string of the molecule is CN1CCCC1COc1nc2c(c(N3CCN(C(=O)OC(C)(C)C)C(CC#N)C3)n1)CCN(c1cc(Oc3ccccc3)cc3ccccc13)C2. The van der Waals surface area contributed by atoms with Gasteiger partial charge in [-0.25, -0.2) is 4.79 Å². The summed E-state index contributed by atoms with van der Waals surface area (Å²) >= 11 is 0. The van der Waals surface area contributed by atoms with E-state index < -0.39 is 11.7 Å². The largest absolute Gasteiger partial charge is 0.462 e. The monoisotopic (exact) mass is 689 g/mol. The van der Waals surface area contributed by atoms with Crippen molar-refractivity contribution in [2.45, 2.75) is 70.7 Å². The molecule has 3 aliphatic heterocycles. The fourth-order valence-electron chi connectivity index (χ4n) is 7.38.